The van der Waals surface area contributed by atoms with Crippen molar-refractivity contribution < 1.29 is 28.4 Å². The highest BCUT2D eigenvalue weighted by Crippen LogP contribution is 2.36. The number of hydrogen-bond acceptors (Lipinski definition) is 8. The molecule has 2 aromatic heterocycles. The Morgan fingerprint density at radius 2 is 1.24 bits per heavy atom. The van der Waals surface area contributed by atoms with E-state index >= 15 is 0 Å². The molecule has 0 bridgehead atoms. The Morgan fingerprint density at radius 1 is 0.833 bits per heavy atom. The molecule has 0 saturated carbocycles. The van der Waals surface area contributed by atoms with Crippen molar-refractivity contribution in [3.05, 3.63) is 28.4 Å². The maximum Gasteiger partial charge on any atom is 0.498 e. The summed E-state index contributed by atoms with van der Waals surface area (Å²) in [5.41, 5.74) is -0.834. The summed E-state index contributed by atoms with van der Waals surface area (Å²) < 4.78 is 27.3. The Balaban J connectivity index is 0.000000317. The number of rotatable bonds is 7. The van der Waals surface area contributed by atoms with E-state index in [1.165, 1.54) is 0 Å². The molecule has 0 spiro atoms. The van der Waals surface area contributed by atoms with Gasteiger partial charge in [0.2, 0.25) is 0 Å². The molecule has 42 heavy (non-hydrogen) atoms. The smallest absolute Gasteiger partial charge is 0.444 e. The number of carbonyl (C=O) groups excluding carboxylic acids is 2. The van der Waals surface area contributed by atoms with Crippen LogP contribution in [0.15, 0.2) is 24.8 Å². The summed E-state index contributed by atoms with van der Waals surface area (Å²) in [7, 11) is 3.01. The van der Waals surface area contributed by atoms with Gasteiger partial charge in [-0.3, -0.25) is 9.36 Å². The second-order valence-electron chi connectivity index (χ2n) is 13.4. The van der Waals surface area contributed by atoms with Crippen LogP contribution < -0.4 is 5.46 Å². The number of hydrogen-bond donors (Lipinski definition) is 0. The molecule has 0 aliphatic carbocycles. The summed E-state index contributed by atoms with van der Waals surface area (Å²) in [6, 6.07) is 0. The Labute approximate surface area is 264 Å². The molecule has 0 radical (unpaired) electrons. The van der Waals surface area contributed by atoms with Gasteiger partial charge in [-0.25, -0.2) is 9.59 Å². The predicted octanol–water partition coefficient (Wildman–Crippen LogP) is 4.40. The molecule has 3 heterocycles. The number of aromatic nitrogens is 4. The van der Waals surface area contributed by atoms with Crippen LogP contribution in [0, 0.1) is 3.57 Å². The maximum absolute atomic E-state index is 12.0. The molecule has 14 heteroatoms. The molecule has 236 valence electrons. The van der Waals surface area contributed by atoms with Crippen molar-refractivity contribution in [2.24, 2.45) is 0 Å². The zero-order chi connectivity index (χ0) is 32.1. The van der Waals surface area contributed by atoms with Crippen LogP contribution in [0.1, 0.15) is 69.2 Å². The Morgan fingerprint density at radius 3 is 1.62 bits per heavy atom. The zero-order valence-corrected chi connectivity index (χ0v) is 29.4. The SMILES string of the molecule is CN(CCn1cc(B2OC(C)(C)C(C)(C)O2)cn1)C(=O)OC(C)(C)C.CN(CCn1cc(I)cn1)C(=O)OC(C)(C)C. The fraction of sp³-hybridized carbons (Fsp3) is 0.714. The first-order valence-corrected chi connectivity index (χ1v) is 15.1. The average Bonchev–Trinajstić information content (AvgIpc) is 3.51. The molecule has 0 atom stereocenters. The lowest BCUT2D eigenvalue weighted by atomic mass is 9.82. The highest BCUT2D eigenvalue weighted by molar-refractivity contribution is 14.1. The average molecular weight is 702 g/mol. The molecule has 0 aromatic carbocycles. The summed E-state index contributed by atoms with van der Waals surface area (Å²) in [6.07, 6.45) is 6.71. The minimum Gasteiger partial charge on any atom is -0.444 e. The molecule has 2 aromatic rings. The van der Waals surface area contributed by atoms with E-state index in [1.807, 2.05) is 86.3 Å². The first-order chi connectivity index (χ1) is 19.1. The highest BCUT2D eigenvalue weighted by Gasteiger charge is 2.52. The van der Waals surface area contributed by atoms with Crippen LogP contribution >= 0.6 is 22.6 Å². The van der Waals surface area contributed by atoms with Gasteiger partial charge in [-0.05, 0) is 91.8 Å². The van der Waals surface area contributed by atoms with Crippen molar-refractivity contribution in [2.45, 2.75) is 105 Å². The molecule has 12 nitrogen and oxygen atoms in total. The van der Waals surface area contributed by atoms with E-state index in [1.54, 1.807) is 41.0 Å². The fourth-order valence-corrected chi connectivity index (χ4v) is 3.88. The van der Waals surface area contributed by atoms with Gasteiger partial charge in [-0.1, -0.05) is 0 Å². The van der Waals surface area contributed by atoms with Crippen molar-refractivity contribution in [3.8, 4) is 0 Å². The number of amides is 2. The normalized spacial score (nSPS) is 16.0. The lowest BCUT2D eigenvalue weighted by Crippen LogP contribution is -2.41. The third-order valence-corrected chi connectivity index (χ3v) is 7.08. The van der Waals surface area contributed by atoms with Gasteiger partial charge < -0.3 is 28.6 Å². The minimum absolute atomic E-state index is 0.306. The monoisotopic (exact) mass is 702 g/mol. The molecule has 3 rings (SSSR count). The number of likely N-dealkylation sites (N-methyl/N-ethyl adjacent to an activating group) is 2. The number of nitrogens with zero attached hydrogens (tertiary/aromatic N) is 6. The first kappa shape index (κ1) is 35.9. The number of carbonyl (C=O) groups is 2. The van der Waals surface area contributed by atoms with E-state index in [9.17, 15) is 9.59 Å². The molecular formula is C28H48BIN6O6. The number of halogens is 1. The van der Waals surface area contributed by atoms with Crippen LogP contribution in [0.2, 0.25) is 0 Å². The quantitative estimate of drug-likeness (QED) is 0.309. The van der Waals surface area contributed by atoms with Gasteiger partial charge in [0, 0.05) is 51.2 Å². The summed E-state index contributed by atoms with van der Waals surface area (Å²) in [5.74, 6) is 0. The zero-order valence-electron chi connectivity index (χ0n) is 27.2. The van der Waals surface area contributed by atoms with E-state index in [0.717, 1.165) is 9.03 Å². The largest absolute Gasteiger partial charge is 0.498 e. The maximum atomic E-state index is 12.0. The van der Waals surface area contributed by atoms with E-state index in [0.29, 0.717) is 26.2 Å². The highest BCUT2D eigenvalue weighted by atomic mass is 127. The molecule has 1 fully saturated rings. The van der Waals surface area contributed by atoms with E-state index in [2.05, 4.69) is 32.8 Å². The number of ether oxygens (including phenoxy) is 2. The lowest BCUT2D eigenvalue weighted by molar-refractivity contribution is 0.00578. The van der Waals surface area contributed by atoms with Crippen molar-refractivity contribution in [3.63, 3.8) is 0 Å². The van der Waals surface area contributed by atoms with Crippen LogP contribution in [0.5, 0.6) is 0 Å². The second-order valence-corrected chi connectivity index (χ2v) is 14.6. The molecule has 1 aliphatic rings. The van der Waals surface area contributed by atoms with Crippen LogP contribution in [0.4, 0.5) is 9.59 Å². The van der Waals surface area contributed by atoms with Crippen molar-refractivity contribution in [1.29, 1.82) is 0 Å². The molecule has 0 N–H and O–H groups in total. The van der Waals surface area contributed by atoms with Gasteiger partial charge in [0.1, 0.15) is 11.2 Å². The summed E-state index contributed by atoms with van der Waals surface area (Å²) in [5, 5.41) is 8.49. The topological polar surface area (TPSA) is 113 Å². The third kappa shape index (κ3) is 11.4. The third-order valence-electron chi connectivity index (χ3n) is 6.52. The van der Waals surface area contributed by atoms with Gasteiger partial charge in [0.25, 0.3) is 0 Å². The van der Waals surface area contributed by atoms with Gasteiger partial charge in [-0.15, -0.1) is 0 Å². The van der Waals surface area contributed by atoms with Crippen LogP contribution in [-0.2, 0) is 31.9 Å². The molecular weight excluding hydrogens is 654 g/mol. The van der Waals surface area contributed by atoms with Gasteiger partial charge in [0.15, 0.2) is 0 Å². The van der Waals surface area contributed by atoms with Crippen molar-refractivity contribution >= 4 is 47.4 Å². The Hall–Kier alpha value is -2.33. The summed E-state index contributed by atoms with van der Waals surface area (Å²) >= 11 is 2.20. The van der Waals surface area contributed by atoms with E-state index < -0.39 is 18.3 Å². The van der Waals surface area contributed by atoms with Crippen LogP contribution in [-0.4, -0.2) is 98.3 Å². The second kappa shape index (κ2) is 14.0. The summed E-state index contributed by atoms with van der Waals surface area (Å²) in [6.45, 7) is 21.5. The lowest BCUT2D eigenvalue weighted by Gasteiger charge is -2.32. The molecule has 0 unspecified atom stereocenters. The fourth-order valence-electron chi connectivity index (χ4n) is 3.43. The Kier molecular flexibility index (Phi) is 11.9. The summed E-state index contributed by atoms with van der Waals surface area (Å²) in [4.78, 5) is 26.7. The first-order valence-electron chi connectivity index (χ1n) is 14.0. The standard InChI is InChI=1S/C17H30BN3O4.C11H18IN3O2/c1-15(2,3)23-14(22)20(8)9-10-21-12-13(11-19-21)18-24-16(4,5)17(6,7)25-18;1-11(2,3)17-10(16)14(4)5-6-15-8-9(12)7-13-15/h11-12H,9-10H2,1-8H3;7-8H,5-6H2,1-4H3. The van der Waals surface area contributed by atoms with E-state index in [-0.39, 0.29) is 23.4 Å². The van der Waals surface area contributed by atoms with Crippen molar-refractivity contribution in [2.75, 3.05) is 27.2 Å². The minimum atomic E-state index is -0.499. The van der Waals surface area contributed by atoms with Crippen LogP contribution in [0.25, 0.3) is 0 Å². The van der Waals surface area contributed by atoms with Gasteiger partial charge in [-0.2, -0.15) is 10.2 Å². The molecule has 1 saturated heterocycles. The predicted molar refractivity (Wildman–Crippen MR) is 171 cm³/mol. The van der Waals surface area contributed by atoms with Crippen LogP contribution in [0.3, 0.4) is 0 Å². The molecule has 2 amide bonds. The Bertz CT molecular complexity index is 1170. The molecule has 1 aliphatic heterocycles. The van der Waals surface area contributed by atoms with Gasteiger partial charge >= 0.3 is 19.3 Å². The van der Waals surface area contributed by atoms with E-state index in [4.69, 9.17) is 18.8 Å². The van der Waals surface area contributed by atoms with Crippen molar-refractivity contribution in [1.82, 2.24) is 29.4 Å². The van der Waals surface area contributed by atoms with Gasteiger partial charge in [0.05, 0.1) is 34.1 Å².